The molecule has 1 rings (SSSR count). The minimum Gasteiger partial charge on any atom is -0.494 e. The molecule has 0 heterocycles. The highest BCUT2D eigenvalue weighted by Gasteiger charge is 2.04. The van der Waals surface area contributed by atoms with Gasteiger partial charge >= 0.3 is 0 Å². The number of aliphatic hydroxyl groups excluding tert-OH is 1. The summed E-state index contributed by atoms with van der Waals surface area (Å²) in [6.07, 6.45) is -0.196. The average Bonchev–Trinajstić information content (AvgIpc) is 2.29. The first-order valence-corrected chi connectivity index (χ1v) is 5.78. The van der Waals surface area contributed by atoms with E-state index in [1.807, 2.05) is 31.2 Å². The van der Waals surface area contributed by atoms with Crippen molar-refractivity contribution in [3.05, 3.63) is 29.8 Å². The summed E-state index contributed by atoms with van der Waals surface area (Å²) in [7, 11) is 0. The Bertz CT molecular complexity index is 346. The summed E-state index contributed by atoms with van der Waals surface area (Å²) in [6, 6.07) is 7.43. The van der Waals surface area contributed by atoms with Crippen LogP contribution in [0.2, 0.25) is 0 Å². The molecule has 1 amide bonds. The van der Waals surface area contributed by atoms with Gasteiger partial charge in [0.1, 0.15) is 5.75 Å². The van der Waals surface area contributed by atoms with Crippen LogP contribution in [0.15, 0.2) is 24.3 Å². The lowest BCUT2D eigenvalue weighted by atomic mass is 10.1. The maximum atomic E-state index is 11.5. The van der Waals surface area contributed by atoms with E-state index in [1.165, 1.54) is 0 Å². The van der Waals surface area contributed by atoms with Gasteiger partial charge in [0.15, 0.2) is 0 Å². The van der Waals surface area contributed by atoms with Gasteiger partial charge in [0, 0.05) is 6.54 Å². The van der Waals surface area contributed by atoms with E-state index >= 15 is 0 Å². The number of aliphatic hydroxyl groups is 1. The highest BCUT2D eigenvalue weighted by Crippen LogP contribution is 2.12. The Morgan fingerprint density at radius 2 is 2.06 bits per heavy atom. The molecule has 94 valence electrons. The highest BCUT2D eigenvalue weighted by molar-refractivity contribution is 5.78. The first-order valence-electron chi connectivity index (χ1n) is 5.78. The normalized spacial score (nSPS) is 11.9. The molecular formula is C13H19NO3. The molecule has 1 aromatic rings. The van der Waals surface area contributed by atoms with Crippen molar-refractivity contribution in [2.24, 2.45) is 0 Å². The van der Waals surface area contributed by atoms with Crippen LogP contribution in [-0.2, 0) is 11.2 Å². The van der Waals surface area contributed by atoms with Gasteiger partial charge in [-0.1, -0.05) is 12.1 Å². The molecular weight excluding hydrogens is 218 g/mol. The fourth-order valence-electron chi connectivity index (χ4n) is 1.38. The molecule has 0 aliphatic rings. The smallest absolute Gasteiger partial charge is 0.224 e. The largest absolute Gasteiger partial charge is 0.494 e. The molecule has 0 unspecified atom stereocenters. The van der Waals surface area contributed by atoms with Gasteiger partial charge in [-0.25, -0.2) is 0 Å². The van der Waals surface area contributed by atoms with E-state index in [0.29, 0.717) is 13.0 Å². The molecule has 0 bridgehead atoms. The van der Waals surface area contributed by atoms with Crippen molar-refractivity contribution in [2.45, 2.75) is 26.4 Å². The Morgan fingerprint density at radius 1 is 1.41 bits per heavy atom. The molecule has 0 saturated carbocycles. The average molecular weight is 237 g/mol. The molecule has 0 aliphatic carbocycles. The topological polar surface area (TPSA) is 58.6 Å². The molecule has 4 heteroatoms. The number of ether oxygens (including phenoxy) is 1. The zero-order chi connectivity index (χ0) is 12.7. The third-order valence-corrected chi connectivity index (χ3v) is 2.19. The molecule has 1 atom stereocenters. The van der Waals surface area contributed by atoms with Crippen molar-refractivity contribution in [2.75, 3.05) is 13.2 Å². The molecule has 0 radical (unpaired) electrons. The van der Waals surface area contributed by atoms with E-state index in [1.54, 1.807) is 6.92 Å². The summed E-state index contributed by atoms with van der Waals surface area (Å²) < 4.78 is 5.31. The predicted octanol–water partition coefficient (Wildman–Crippen LogP) is 1.12. The summed E-state index contributed by atoms with van der Waals surface area (Å²) in [5.41, 5.74) is 0.927. The van der Waals surface area contributed by atoms with Crippen LogP contribution in [0.1, 0.15) is 19.4 Å². The Hall–Kier alpha value is -1.55. The van der Waals surface area contributed by atoms with Crippen LogP contribution in [0.4, 0.5) is 0 Å². The summed E-state index contributed by atoms with van der Waals surface area (Å²) in [5, 5.41) is 11.7. The maximum Gasteiger partial charge on any atom is 0.224 e. The van der Waals surface area contributed by atoms with Crippen LogP contribution >= 0.6 is 0 Å². The zero-order valence-corrected chi connectivity index (χ0v) is 10.3. The van der Waals surface area contributed by atoms with E-state index in [9.17, 15) is 4.79 Å². The number of carbonyl (C=O) groups is 1. The Balaban J connectivity index is 2.43. The zero-order valence-electron chi connectivity index (χ0n) is 10.3. The van der Waals surface area contributed by atoms with Crippen LogP contribution in [-0.4, -0.2) is 30.3 Å². The highest BCUT2D eigenvalue weighted by atomic mass is 16.5. The van der Waals surface area contributed by atoms with Gasteiger partial charge in [0.25, 0.3) is 0 Å². The van der Waals surface area contributed by atoms with Crippen LogP contribution in [0.5, 0.6) is 5.75 Å². The second-order valence-electron chi connectivity index (χ2n) is 3.91. The molecule has 1 aromatic carbocycles. The Kier molecular flexibility index (Phi) is 5.49. The number of hydrogen-bond acceptors (Lipinski definition) is 3. The van der Waals surface area contributed by atoms with Gasteiger partial charge in [0.2, 0.25) is 5.91 Å². The second kappa shape index (κ2) is 6.91. The molecule has 4 nitrogen and oxygen atoms in total. The minimum atomic E-state index is -0.515. The molecule has 0 aromatic heterocycles. The lowest BCUT2D eigenvalue weighted by Gasteiger charge is -2.07. The van der Waals surface area contributed by atoms with Crippen molar-refractivity contribution in [3.8, 4) is 5.75 Å². The van der Waals surface area contributed by atoms with Crippen molar-refractivity contribution in [1.82, 2.24) is 5.32 Å². The molecule has 0 aliphatic heterocycles. The van der Waals surface area contributed by atoms with E-state index in [2.05, 4.69) is 5.32 Å². The molecule has 0 saturated heterocycles. The third kappa shape index (κ3) is 5.36. The number of amides is 1. The SMILES string of the molecule is CCOc1ccc(CC(=O)NC[C@@H](C)O)cc1. The van der Waals surface area contributed by atoms with Gasteiger partial charge in [0.05, 0.1) is 19.1 Å². The minimum absolute atomic E-state index is 0.0879. The maximum absolute atomic E-state index is 11.5. The van der Waals surface area contributed by atoms with Crippen molar-refractivity contribution < 1.29 is 14.6 Å². The molecule has 17 heavy (non-hydrogen) atoms. The lowest BCUT2D eigenvalue weighted by molar-refractivity contribution is -0.120. The predicted molar refractivity (Wildman–Crippen MR) is 66.0 cm³/mol. The number of nitrogens with one attached hydrogen (secondary N) is 1. The molecule has 0 spiro atoms. The monoisotopic (exact) mass is 237 g/mol. The fraction of sp³-hybridized carbons (Fsp3) is 0.462. The lowest BCUT2D eigenvalue weighted by Crippen LogP contribution is -2.31. The first-order chi connectivity index (χ1) is 8.11. The van der Waals surface area contributed by atoms with Crippen LogP contribution < -0.4 is 10.1 Å². The molecule has 0 fully saturated rings. The van der Waals surface area contributed by atoms with Crippen LogP contribution in [0.25, 0.3) is 0 Å². The van der Waals surface area contributed by atoms with E-state index < -0.39 is 6.10 Å². The van der Waals surface area contributed by atoms with E-state index in [-0.39, 0.29) is 12.5 Å². The van der Waals surface area contributed by atoms with Gasteiger partial charge in [-0.15, -0.1) is 0 Å². The Labute approximate surface area is 102 Å². The van der Waals surface area contributed by atoms with Crippen LogP contribution in [0.3, 0.4) is 0 Å². The van der Waals surface area contributed by atoms with Gasteiger partial charge in [-0.2, -0.15) is 0 Å². The Morgan fingerprint density at radius 3 is 2.59 bits per heavy atom. The third-order valence-electron chi connectivity index (χ3n) is 2.19. The summed E-state index contributed by atoms with van der Waals surface area (Å²) in [4.78, 5) is 11.5. The van der Waals surface area contributed by atoms with Crippen molar-refractivity contribution in [1.29, 1.82) is 0 Å². The van der Waals surface area contributed by atoms with E-state index in [4.69, 9.17) is 9.84 Å². The van der Waals surface area contributed by atoms with E-state index in [0.717, 1.165) is 11.3 Å². The van der Waals surface area contributed by atoms with Gasteiger partial charge in [-0.3, -0.25) is 4.79 Å². The van der Waals surface area contributed by atoms with Crippen molar-refractivity contribution in [3.63, 3.8) is 0 Å². The second-order valence-corrected chi connectivity index (χ2v) is 3.91. The number of hydrogen-bond donors (Lipinski definition) is 2. The van der Waals surface area contributed by atoms with Crippen LogP contribution in [0, 0.1) is 0 Å². The summed E-state index contributed by atoms with van der Waals surface area (Å²) >= 11 is 0. The van der Waals surface area contributed by atoms with Gasteiger partial charge in [-0.05, 0) is 31.5 Å². The summed E-state index contributed by atoms with van der Waals surface area (Å²) in [5.74, 6) is 0.718. The standard InChI is InChI=1S/C13H19NO3/c1-3-17-12-6-4-11(5-7-12)8-13(16)14-9-10(2)15/h4-7,10,15H,3,8-9H2,1-2H3,(H,14,16)/t10-/m1/s1. The summed E-state index contributed by atoms with van der Waals surface area (Å²) in [6.45, 7) is 4.48. The van der Waals surface area contributed by atoms with Crippen molar-refractivity contribution >= 4 is 5.91 Å². The fourth-order valence-corrected chi connectivity index (χ4v) is 1.38. The number of benzene rings is 1. The number of carbonyl (C=O) groups excluding carboxylic acids is 1. The first kappa shape index (κ1) is 13.5. The number of rotatable bonds is 6. The quantitative estimate of drug-likeness (QED) is 0.779. The van der Waals surface area contributed by atoms with Gasteiger partial charge < -0.3 is 15.2 Å². The molecule has 2 N–H and O–H groups in total.